The molecule has 1 aromatic carbocycles. The zero-order valence-electron chi connectivity index (χ0n) is 9.96. The summed E-state index contributed by atoms with van der Waals surface area (Å²) in [4.78, 5) is 24.9. The molecule has 5 nitrogen and oxygen atoms in total. The number of benzene rings is 1. The molecule has 2 heterocycles. The smallest absolute Gasteiger partial charge is 0.274 e. The van der Waals surface area contributed by atoms with E-state index in [0.29, 0.717) is 0 Å². The minimum absolute atomic E-state index is 0.0839. The topological polar surface area (TPSA) is 62.1 Å². The second kappa shape index (κ2) is 4.12. The van der Waals surface area contributed by atoms with Crippen molar-refractivity contribution in [1.82, 2.24) is 0 Å². The summed E-state index contributed by atoms with van der Waals surface area (Å²) >= 11 is 0. The predicted molar refractivity (Wildman–Crippen MR) is 60.9 cm³/mol. The van der Waals surface area contributed by atoms with E-state index in [1.165, 1.54) is 6.07 Å². The molecule has 0 aromatic heterocycles. The van der Waals surface area contributed by atoms with Gasteiger partial charge in [-0.3, -0.25) is 9.59 Å². The highest BCUT2D eigenvalue weighted by Crippen LogP contribution is 2.35. The fourth-order valence-corrected chi connectivity index (χ4v) is 2.32. The van der Waals surface area contributed by atoms with E-state index in [0.717, 1.165) is 23.1 Å². The Morgan fingerprint density at radius 1 is 1.20 bits per heavy atom. The molecule has 104 valence electrons. The monoisotopic (exact) mass is 283 g/mol. The minimum atomic E-state index is -4.53. The lowest BCUT2D eigenvalue weighted by Crippen LogP contribution is -2.32. The summed E-state index contributed by atoms with van der Waals surface area (Å²) in [7, 11) is 0. The van der Waals surface area contributed by atoms with Crippen LogP contribution in [0.4, 0.5) is 18.9 Å². The van der Waals surface area contributed by atoms with Crippen LogP contribution in [-0.4, -0.2) is 24.4 Å². The third-order valence-electron chi connectivity index (χ3n) is 3.31. The third-order valence-corrected chi connectivity index (χ3v) is 3.31. The highest BCUT2D eigenvalue weighted by molar-refractivity contribution is 6.23. The minimum Gasteiger partial charge on any atom is -0.274 e. The molecule has 0 bridgehead atoms. The average Bonchev–Trinajstić information content (AvgIpc) is 2.94. The SMILES string of the molecule is O=C1C2CN=NC2C(=O)N1c1cccc(C(F)(F)F)c1. The maximum absolute atomic E-state index is 12.7. The zero-order chi connectivity index (χ0) is 14.5. The molecule has 2 unspecified atom stereocenters. The van der Waals surface area contributed by atoms with E-state index < -0.39 is 35.5 Å². The molecule has 0 radical (unpaired) electrons. The summed E-state index contributed by atoms with van der Waals surface area (Å²) in [6.45, 7) is 0.102. The van der Waals surface area contributed by atoms with Crippen molar-refractivity contribution in [3.63, 3.8) is 0 Å². The fourth-order valence-electron chi connectivity index (χ4n) is 2.32. The van der Waals surface area contributed by atoms with E-state index in [1.807, 2.05) is 0 Å². The molecule has 2 atom stereocenters. The van der Waals surface area contributed by atoms with Crippen molar-refractivity contribution in [2.45, 2.75) is 12.2 Å². The number of fused-ring (bicyclic) bond motifs is 1. The molecule has 20 heavy (non-hydrogen) atoms. The van der Waals surface area contributed by atoms with Gasteiger partial charge in [0.1, 0.15) is 0 Å². The van der Waals surface area contributed by atoms with Crippen LogP contribution in [0.15, 0.2) is 34.5 Å². The molecule has 0 N–H and O–H groups in total. The van der Waals surface area contributed by atoms with Crippen LogP contribution in [0.25, 0.3) is 0 Å². The van der Waals surface area contributed by atoms with Gasteiger partial charge < -0.3 is 0 Å². The molecule has 8 heteroatoms. The molecular weight excluding hydrogens is 275 g/mol. The van der Waals surface area contributed by atoms with Crippen molar-refractivity contribution in [3.05, 3.63) is 29.8 Å². The Morgan fingerprint density at radius 2 is 1.95 bits per heavy atom. The fraction of sp³-hybridized carbons (Fsp3) is 0.333. The van der Waals surface area contributed by atoms with Crippen molar-refractivity contribution in [1.29, 1.82) is 0 Å². The lowest BCUT2D eigenvalue weighted by molar-refractivity contribution is -0.137. The van der Waals surface area contributed by atoms with Crippen LogP contribution >= 0.6 is 0 Å². The van der Waals surface area contributed by atoms with Crippen LogP contribution in [0.2, 0.25) is 0 Å². The Bertz CT molecular complexity index is 627. The van der Waals surface area contributed by atoms with Crippen LogP contribution < -0.4 is 4.90 Å². The maximum Gasteiger partial charge on any atom is 0.416 e. The van der Waals surface area contributed by atoms with Gasteiger partial charge in [-0.25, -0.2) is 4.90 Å². The molecule has 1 fully saturated rings. The second-order valence-electron chi connectivity index (χ2n) is 4.55. The maximum atomic E-state index is 12.7. The standard InChI is InChI=1S/C12H8F3N3O2/c13-12(14,15)6-2-1-3-7(4-6)18-10(19)8-5-16-17-9(8)11(18)20/h1-4,8-9H,5H2. The molecule has 0 spiro atoms. The van der Waals surface area contributed by atoms with Crippen molar-refractivity contribution < 1.29 is 22.8 Å². The summed E-state index contributed by atoms with van der Waals surface area (Å²) in [5.74, 6) is -1.86. The molecule has 1 aromatic rings. The largest absolute Gasteiger partial charge is 0.416 e. The first kappa shape index (κ1) is 12.8. The Morgan fingerprint density at radius 3 is 2.60 bits per heavy atom. The van der Waals surface area contributed by atoms with Gasteiger partial charge in [-0.05, 0) is 18.2 Å². The Labute approximate surface area is 111 Å². The van der Waals surface area contributed by atoms with Gasteiger partial charge in [0.15, 0.2) is 6.04 Å². The number of hydrogen-bond acceptors (Lipinski definition) is 4. The van der Waals surface area contributed by atoms with Crippen molar-refractivity contribution >= 4 is 17.5 Å². The van der Waals surface area contributed by atoms with Crippen molar-refractivity contribution in [2.24, 2.45) is 16.1 Å². The van der Waals surface area contributed by atoms with Crippen LogP contribution in [0.1, 0.15) is 5.56 Å². The van der Waals surface area contributed by atoms with Gasteiger partial charge in [0.05, 0.1) is 23.7 Å². The lowest BCUT2D eigenvalue weighted by atomic mass is 10.1. The van der Waals surface area contributed by atoms with E-state index >= 15 is 0 Å². The van der Waals surface area contributed by atoms with Crippen LogP contribution in [0, 0.1) is 5.92 Å². The number of azo groups is 1. The Balaban J connectivity index is 2.00. The number of rotatable bonds is 1. The van der Waals surface area contributed by atoms with Crippen LogP contribution in [-0.2, 0) is 15.8 Å². The third kappa shape index (κ3) is 1.79. The number of alkyl halides is 3. The predicted octanol–water partition coefficient (Wildman–Crippen LogP) is 2.03. The highest BCUT2D eigenvalue weighted by atomic mass is 19.4. The number of imide groups is 1. The number of nitrogens with zero attached hydrogens (tertiary/aromatic N) is 3. The van der Waals surface area contributed by atoms with Gasteiger partial charge in [-0.1, -0.05) is 6.07 Å². The number of carbonyl (C=O) groups excluding carboxylic acids is 2. The Kier molecular flexibility index (Phi) is 2.63. The van der Waals surface area contributed by atoms with Crippen LogP contribution in [0.5, 0.6) is 0 Å². The van der Waals surface area contributed by atoms with E-state index in [1.54, 1.807) is 0 Å². The normalized spacial score (nSPS) is 25.4. The van der Waals surface area contributed by atoms with E-state index in [-0.39, 0.29) is 12.2 Å². The number of hydrogen-bond donors (Lipinski definition) is 0. The summed E-state index contributed by atoms with van der Waals surface area (Å²) in [6, 6.07) is 3.23. The van der Waals surface area contributed by atoms with Gasteiger partial charge in [-0.15, -0.1) is 0 Å². The van der Waals surface area contributed by atoms with Gasteiger partial charge >= 0.3 is 6.18 Å². The van der Waals surface area contributed by atoms with Gasteiger partial charge in [0.2, 0.25) is 5.91 Å². The van der Waals surface area contributed by atoms with Crippen molar-refractivity contribution in [2.75, 3.05) is 11.4 Å². The molecule has 3 rings (SSSR count). The summed E-state index contributed by atoms with van der Waals surface area (Å²) in [6.07, 6.45) is -4.53. The molecule has 0 aliphatic carbocycles. The quantitative estimate of drug-likeness (QED) is 0.740. The van der Waals surface area contributed by atoms with E-state index in [4.69, 9.17) is 0 Å². The summed E-state index contributed by atoms with van der Waals surface area (Å²) in [5.41, 5.74) is -0.992. The summed E-state index contributed by atoms with van der Waals surface area (Å²) in [5, 5.41) is 7.30. The molecule has 1 saturated heterocycles. The van der Waals surface area contributed by atoms with Crippen molar-refractivity contribution in [3.8, 4) is 0 Å². The molecule has 2 aliphatic heterocycles. The first-order valence-electron chi connectivity index (χ1n) is 5.81. The van der Waals surface area contributed by atoms with Gasteiger partial charge in [0, 0.05) is 0 Å². The molecule has 2 amide bonds. The van der Waals surface area contributed by atoms with Gasteiger partial charge in [0.25, 0.3) is 5.91 Å². The number of amides is 2. The summed E-state index contributed by atoms with van der Waals surface area (Å²) < 4.78 is 38.0. The lowest BCUT2D eigenvalue weighted by Gasteiger charge is -2.16. The number of anilines is 1. The number of halogens is 3. The van der Waals surface area contributed by atoms with Crippen LogP contribution in [0.3, 0.4) is 0 Å². The highest BCUT2D eigenvalue weighted by Gasteiger charge is 2.51. The Hall–Kier alpha value is -2.25. The molecule has 0 saturated carbocycles. The van der Waals surface area contributed by atoms with E-state index in [9.17, 15) is 22.8 Å². The van der Waals surface area contributed by atoms with E-state index in [2.05, 4.69) is 10.2 Å². The first-order valence-corrected chi connectivity index (χ1v) is 5.81. The molecule has 2 aliphatic rings. The zero-order valence-corrected chi connectivity index (χ0v) is 9.96. The van der Waals surface area contributed by atoms with Gasteiger partial charge in [-0.2, -0.15) is 23.4 Å². The number of carbonyl (C=O) groups is 2. The second-order valence-corrected chi connectivity index (χ2v) is 4.55. The molecular formula is C12H8F3N3O2. The first-order chi connectivity index (χ1) is 9.39. The average molecular weight is 283 g/mol.